The third-order valence-electron chi connectivity index (χ3n) is 10.4. The number of amides is 5. The number of rotatable bonds is 15. The maximum absolute atomic E-state index is 13.2. The van der Waals surface area contributed by atoms with Crippen LogP contribution < -0.4 is 20.7 Å². The number of imide groups is 2. The van der Waals surface area contributed by atoms with Gasteiger partial charge in [-0.1, -0.05) is 42.6 Å². The molecule has 0 saturated carbocycles. The minimum atomic E-state index is -1.10. The number of aryl methyl sites for hydroxylation is 2. The molecule has 0 radical (unpaired) electrons. The van der Waals surface area contributed by atoms with Gasteiger partial charge in [0.05, 0.1) is 16.8 Å². The highest BCUT2D eigenvalue weighted by Crippen LogP contribution is 2.40. The van der Waals surface area contributed by atoms with Crippen molar-refractivity contribution in [3.8, 4) is 10.8 Å². The van der Waals surface area contributed by atoms with Crippen molar-refractivity contribution in [1.29, 1.82) is 0 Å². The summed E-state index contributed by atoms with van der Waals surface area (Å²) in [5, 5.41) is 29.9. The Hall–Kier alpha value is -5.29. The van der Waals surface area contributed by atoms with Gasteiger partial charge >= 0.3 is 0 Å². The van der Waals surface area contributed by atoms with E-state index in [1.54, 1.807) is 11.3 Å². The molecule has 4 N–H and O–H groups in total. The van der Waals surface area contributed by atoms with Crippen LogP contribution in [0.1, 0.15) is 105 Å². The average molecular weight is 815 g/mol. The Bertz CT molecular complexity index is 2270. The third kappa shape index (κ3) is 8.26. The number of nitrogens with one attached hydrogen (secondary N) is 3. The Kier molecular flexibility index (Phi) is 11.9. The number of carbonyl (C=O) groups excluding carboxylic acids is 5. The number of ether oxygens (including phenoxy) is 1. The van der Waals surface area contributed by atoms with E-state index in [2.05, 4.69) is 44.6 Å². The highest BCUT2D eigenvalue weighted by atomic mass is 35.5. The lowest BCUT2D eigenvalue weighted by atomic mass is 9.99. The summed E-state index contributed by atoms with van der Waals surface area (Å²) < 4.78 is 7.72. The quantitative estimate of drug-likeness (QED) is 0.0765. The number of aromatic nitrogens is 3. The minimum Gasteiger partial charge on any atom is -0.483 e. The summed E-state index contributed by atoms with van der Waals surface area (Å²) >= 11 is 7.90. The predicted octanol–water partition coefficient (Wildman–Crippen LogP) is 4.25. The monoisotopic (exact) mass is 814 g/mol. The van der Waals surface area contributed by atoms with Crippen molar-refractivity contribution in [1.82, 2.24) is 35.6 Å². The molecule has 7 rings (SSSR count). The third-order valence-corrected chi connectivity index (χ3v) is 11.8. The normalized spacial score (nSPS) is 18.1. The van der Waals surface area contributed by atoms with Gasteiger partial charge in [0, 0.05) is 40.4 Å². The van der Waals surface area contributed by atoms with Crippen molar-refractivity contribution in [3.63, 3.8) is 0 Å². The predicted molar refractivity (Wildman–Crippen MR) is 212 cm³/mol. The second-order valence-electron chi connectivity index (χ2n) is 14.3. The Balaban J connectivity index is 0.854. The van der Waals surface area contributed by atoms with Crippen LogP contribution in [-0.4, -0.2) is 92.0 Å². The number of unbranched alkanes of at least 4 members (excludes halogenated alkanes) is 3. The summed E-state index contributed by atoms with van der Waals surface area (Å²) in [6.07, 6.45) is 2.77. The van der Waals surface area contributed by atoms with Crippen LogP contribution in [0.25, 0.3) is 5.00 Å². The largest absolute Gasteiger partial charge is 0.483 e. The number of hydrogen-bond donors (Lipinski definition) is 4. The van der Waals surface area contributed by atoms with E-state index in [0.29, 0.717) is 30.4 Å². The van der Waals surface area contributed by atoms with E-state index in [0.717, 1.165) is 63.8 Å². The first-order chi connectivity index (χ1) is 27.4. The van der Waals surface area contributed by atoms with Crippen LogP contribution in [0.4, 0.5) is 0 Å². The number of benzene rings is 2. The van der Waals surface area contributed by atoms with Crippen LogP contribution in [0.2, 0.25) is 5.02 Å². The zero-order chi connectivity index (χ0) is 40.4. The van der Waals surface area contributed by atoms with Crippen molar-refractivity contribution in [2.24, 2.45) is 4.99 Å². The number of nitrogens with zero attached hydrogens (tertiary/aromatic N) is 5. The van der Waals surface area contributed by atoms with Crippen LogP contribution in [-0.2, 0) is 14.4 Å². The number of carbonyl (C=O) groups is 5. The van der Waals surface area contributed by atoms with Gasteiger partial charge in [0.15, 0.2) is 12.4 Å². The fourth-order valence-corrected chi connectivity index (χ4v) is 8.69. The lowest BCUT2D eigenvalue weighted by Gasteiger charge is -2.27. The zero-order valence-corrected chi connectivity index (χ0v) is 33.3. The molecule has 2 aromatic carbocycles. The number of aliphatic hydroxyl groups excluding tert-OH is 1. The molecule has 5 amide bonds. The van der Waals surface area contributed by atoms with E-state index in [1.165, 1.54) is 23.1 Å². The maximum Gasteiger partial charge on any atom is 0.266 e. The highest BCUT2D eigenvalue weighted by Gasteiger charge is 2.46. The first kappa shape index (κ1) is 39.9. The van der Waals surface area contributed by atoms with E-state index in [-0.39, 0.29) is 42.2 Å². The van der Waals surface area contributed by atoms with Gasteiger partial charge in [-0.05, 0) is 76.4 Å². The lowest BCUT2D eigenvalue weighted by molar-refractivity contribution is -0.136. The number of halogens is 1. The molecular weight excluding hydrogens is 772 g/mol. The van der Waals surface area contributed by atoms with Crippen LogP contribution >= 0.6 is 22.9 Å². The second-order valence-corrected chi connectivity index (χ2v) is 15.9. The molecule has 5 heterocycles. The molecule has 15 nitrogen and oxygen atoms in total. The Labute approximate surface area is 337 Å². The summed E-state index contributed by atoms with van der Waals surface area (Å²) in [7, 11) is 0. The molecule has 298 valence electrons. The zero-order valence-electron chi connectivity index (χ0n) is 31.8. The van der Waals surface area contributed by atoms with Crippen LogP contribution in [0.5, 0.6) is 5.75 Å². The van der Waals surface area contributed by atoms with E-state index in [9.17, 15) is 29.1 Å². The van der Waals surface area contributed by atoms with E-state index in [1.807, 2.05) is 31.2 Å². The van der Waals surface area contributed by atoms with Gasteiger partial charge in [-0.25, -0.2) is 0 Å². The first-order valence-corrected chi connectivity index (χ1v) is 20.1. The number of piperidine rings is 1. The molecular formula is C40H43ClN8O7S. The number of thiophene rings is 1. The van der Waals surface area contributed by atoms with Crippen molar-refractivity contribution >= 4 is 58.2 Å². The van der Waals surface area contributed by atoms with Crippen LogP contribution in [0, 0.1) is 20.8 Å². The number of fused-ring (bicyclic) bond motifs is 4. The molecule has 1 saturated heterocycles. The van der Waals surface area contributed by atoms with Crippen LogP contribution in [0.3, 0.4) is 0 Å². The van der Waals surface area contributed by atoms with Crippen molar-refractivity contribution < 1.29 is 33.8 Å². The highest BCUT2D eigenvalue weighted by molar-refractivity contribution is 7.15. The topological polar surface area (TPSA) is 197 Å². The SMILES string of the molecule is Cc1sc2c(c1C)C(c1ccc(Cl)cc1)=N[C@@H](CC(O)NCCCCCCNC(=O)COc1cccc3c1C(=O)N(C1CCC(=O)NC1=O)C3=O)c1nnc(C)n1-2. The van der Waals surface area contributed by atoms with Crippen molar-refractivity contribution in [2.75, 3.05) is 19.7 Å². The first-order valence-electron chi connectivity index (χ1n) is 18.9. The molecule has 2 aromatic heterocycles. The molecule has 17 heteroatoms. The summed E-state index contributed by atoms with van der Waals surface area (Å²) in [4.78, 5) is 70.1. The van der Waals surface area contributed by atoms with Gasteiger partial charge in [-0.3, -0.25) is 49.1 Å². The van der Waals surface area contributed by atoms with E-state index < -0.39 is 41.9 Å². The molecule has 0 bridgehead atoms. The molecule has 2 unspecified atom stereocenters. The lowest BCUT2D eigenvalue weighted by Crippen LogP contribution is -2.54. The summed E-state index contributed by atoms with van der Waals surface area (Å²) in [6, 6.07) is 10.6. The van der Waals surface area contributed by atoms with Gasteiger partial charge in [0.1, 0.15) is 34.9 Å². The molecule has 3 aliphatic heterocycles. The number of aliphatic imine (C=N–C) groups is 1. The average Bonchev–Trinajstić information content (AvgIpc) is 3.76. The Morgan fingerprint density at radius 1 is 1.00 bits per heavy atom. The van der Waals surface area contributed by atoms with Crippen molar-refractivity contribution in [2.45, 2.75) is 84.0 Å². The Morgan fingerprint density at radius 2 is 1.75 bits per heavy atom. The maximum atomic E-state index is 13.2. The fraction of sp³-hybridized carbons (Fsp3) is 0.400. The summed E-state index contributed by atoms with van der Waals surface area (Å²) in [6.45, 7) is 6.76. The molecule has 3 aliphatic rings. The van der Waals surface area contributed by atoms with E-state index in [4.69, 9.17) is 21.3 Å². The smallest absolute Gasteiger partial charge is 0.266 e. The van der Waals surface area contributed by atoms with Gasteiger partial charge in [0.25, 0.3) is 17.7 Å². The molecule has 4 aromatic rings. The minimum absolute atomic E-state index is 0.0104. The van der Waals surface area contributed by atoms with Gasteiger partial charge in [-0.2, -0.15) is 0 Å². The second kappa shape index (κ2) is 17.1. The molecule has 0 aliphatic carbocycles. The van der Waals surface area contributed by atoms with Gasteiger partial charge in [0.2, 0.25) is 11.8 Å². The molecule has 0 spiro atoms. The fourth-order valence-electron chi connectivity index (χ4n) is 7.35. The van der Waals surface area contributed by atoms with Crippen LogP contribution in [0.15, 0.2) is 47.5 Å². The van der Waals surface area contributed by atoms with E-state index >= 15 is 0 Å². The van der Waals surface area contributed by atoms with Crippen molar-refractivity contribution in [3.05, 3.63) is 91.8 Å². The Morgan fingerprint density at radius 3 is 2.51 bits per heavy atom. The number of hydrogen-bond acceptors (Lipinski definition) is 12. The summed E-state index contributed by atoms with van der Waals surface area (Å²) in [5.74, 6) is -1.39. The van der Waals surface area contributed by atoms with Gasteiger partial charge in [-0.15, -0.1) is 21.5 Å². The number of aliphatic hydroxyl groups is 1. The summed E-state index contributed by atoms with van der Waals surface area (Å²) in [5.41, 5.74) is 4.01. The molecule has 57 heavy (non-hydrogen) atoms. The standard InChI is InChI=1S/C40H43ClN8O7S/c1-21-22(2)57-40-33(21)35(24-11-13-25(41)14-12-24)44-27(36-47-46-23(3)48(36)40)19-31(51)42-17-6-4-5-7-18-43-32(52)20-56-29-10-8-9-26-34(29)39(55)49(38(26)54)28-15-16-30(50)45-37(28)53/h8-14,27-28,31,42,51H,4-7,15-20H2,1-3H3,(H,43,52)(H,45,50,53)/t27-,28?,31?/m0/s1. The molecule has 3 atom stereocenters. The van der Waals surface area contributed by atoms with Gasteiger partial charge < -0.3 is 15.2 Å². The molecule has 1 fully saturated rings.